The van der Waals surface area contributed by atoms with Gasteiger partial charge >= 0.3 is 0 Å². The molecule has 2 heteroatoms. The van der Waals surface area contributed by atoms with E-state index < -0.39 is 0 Å². The second-order valence-electron chi connectivity index (χ2n) is 5.79. The van der Waals surface area contributed by atoms with E-state index in [9.17, 15) is 0 Å². The minimum absolute atomic E-state index is 0.402. The Morgan fingerprint density at radius 2 is 2.00 bits per heavy atom. The summed E-state index contributed by atoms with van der Waals surface area (Å²) in [6, 6.07) is 10.4. The van der Waals surface area contributed by atoms with Gasteiger partial charge in [-0.05, 0) is 24.7 Å². The van der Waals surface area contributed by atoms with E-state index in [-0.39, 0.29) is 0 Å². The van der Waals surface area contributed by atoms with E-state index >= 15 is 0 Å². The average Bonchev–Trinajstić information content (AvgIpc) is 2.29. The van der Waals surface area contributed by atoms with E-state index in [0.29, 0.717) is 17.3 Å². The van der Waals surface area contributed by atoms with Crippen molar-refractivity contribution < 1.29 is 0 Å². The third kappa shape index (κ3) is 3.32. The van der Waals surface area contributed by atoms with Gasteiger partial charge in [-0.25, -0.2) is 0 Å². The smallest absolute Gasteiger partial charge is 0.125 e. The second-order valence-corrected chi connectivity index (χ2v) is 5.79. The molecule has 2 rings (SSSR count). The van der Waals surface area contributed by atoms with Crippen LogP contribution in [0.3, 0.4) is 0 Å². The maximum Gasteiger partial charge on any atom is 0.125 e. The van der Waals surface area contributed by atoms with Gasteiger partial charge in [-0.15, -0.1) is 0 Å². The highest BCUT2D eigenvalue weighted by Gasteiger charge is 2.27. The fourth-order valence-corrected chi connectivity index (χ4v) is 2.65. The van der Waals surface area contributed by atoms with Crippen molar-refractivity contribution in [2.75, 3.05) is 0 Å². The lowest BCUT2D eigenvalue weighted by atomic mass is 9.75. The molecule has 1 aliphatic rings. The Kier molecular flexibility index (Phi) is 3.51. The molecule has 0 spiro atoms. The minimum Gasteiger partial charge on any atom is -0.383 e. The normalized spacial score (nSPS) is 24.6. The molecule has 1 aliphatic carbocycles. The molecule has 1 atom stereocenters. The lowest BCUT2D eigenvalue weighted by Gasteiger charge is -2.33. The molecule has 2 nitrogen and oxygen atoms in total. The van der Waals surface area contributed by atoms with Crippen LogP contribution in [-0.4, -0.2) is 11.9 Å². The molecule has 0 aromatic heterocycles. The Morgan fingerprint density at radius 3 is 2.65 bits per heavy atom. The van der Waals surface area contributed by atoms with Crippen molar-refractivity contribution >= 4 is 5.84 Å². The van der Waals surface area contributed by atoms with Gasteiger partial charge in [0.25, 0.3) is 0 Å². The number of hydrogen-bond donors (Lipinski definition) is 1. The largest absolute Gasteiger partial charge is 0.383 e. The van der Waals surface area contributed by atoms with Crippen LogP contribution in [0.2, 0.25) is 0 Å². The van der Waals surface area contributed by atoms with Crippen LogP contribution >= 0.6 is 0 Å². The lowest BCUT2D eigenvalue weighted by Crippen LogP contribution is -2.27. The molecule has 1 aromatic rings. The van der Waals surface area contributed by atoms with Gasteiger partial charge in [0.05, 0.1) is 6.04 Å². The maximum atomic E-state index is 6.06. The molecule has 17 heavy (non-hydrogen) atoms. The van der Waals surface area contributed by atoms with Crippen molar-refractivity contribution in [3.05, 3.63) is 35.9 Å². The van der Waals surface area contributed by atoms with E-state index in [2.05, 4.69) is 13.8 Å². The Bertz CT molecular complexity index is 393. The molecular weight excluding hydrogens is 208 g/mol. The monoisotopic (exact) mass is 230 g/mol. The molecule has 1 aromatic carbocycles. The highest BCUT2D eigenvalue weighted by Crippen LogP contribution is 2.36. The number of amidine groups is 1. The summed E-state index contributed by atoms with van der Waals surface area (Å²) in [5.74, 6) is 0.688. The Labute approximate surface area is 104 Å². The molecule has 0 amide bonds. The summed E-state index contributed by atoms with van der Waals surface area (Å²) in [5.41, 5.74) is 7.52. The zero-order valence-corrected chi connectivity index (χ0v) is 10.8. The molecule has 1 saturated carbocycles. The molecule has 0 heterocycles. The first-order valence-electron chi connectivity index (χ1n) is 6.45. The predicted molar refractivity (Wildman–Crippen MR) is 73.2 cm³/mol. The average molecular weight is 230 g/mol. The zero-order chi connectivity index (χ0) is 12.3. The van der Waals surface area contributed by atoms with Crippen molar-refractivity contribution in [1.29, 1.82) is 0 Å². The molecular formula is C15H22N2. The van der Waals surface area contributed by atoms with Crippen LogP contribution in [0.1, 0.15) is 45.1 Å². The molecule has 1 unspecified atom stereocenters. The fourth-order valence-electron chi connectivity index (χ4n) is 2.65. The first-order chi connectivity index (χ1) is 8.07. The van der Waals surface area contributed by atoms with E-state index in [1.54, 1.807) is 0 Å². The van der Waals surface area contributed by atoms with Gasteiger partial charge in [-0.3, -0.25) is 4.99 Å². The highest BCUT2D eigenvalue weighted by atomic mass is 14.9. The van der Waals surface area contributed by atoms with Gasteiger partial charge in [0, 0.05) is 5.56 Å². The van der Waals surface area contributed by atoms with Crippen molar-refractivity contribution in [3.8, 4) is 0 Å². The quantitative estimate of drug-likeness (QED) is 0.614. The number of nitrogens with zero attached hydrogens (tertiary/aromatic N) is 1. The molecule has 0 saturated heterocycles. The second kappa shape index (κ2) is 4.91. The Morgan fingerprint density at radius 1 is 1.29 bits per heavy atom. The third-order valence-electron chi connectivity index (χ3n) is 3.57. The fraction of sp³-hybridized carbons (Fsp3) is 0.533. The van der Waals surface area contributed by atoms with Crippen LogP contribution in [0.15, 0.2) is 35.3 Å². The summed E-state index contributed by atoms with van der Waals surface area (Å²) in [6.07, 6.45) is 4.91. The van der Waals surface area contributed by atoms with Crippen molar-refractivity contribution in [2.24, 2.45) is 16.1 Å². The number of aliphatic imine (C=N–C) groups is 1. The molecule has 0 aliphatic heterocycles. The summed E-state index contributed by atoms with van der Waals surface area (Å²) in [7, 11) is 0. The topological polar surface area (TPSA) is 38.4 Å². The molecule has 2 N–H and O–H groups in total. The maximum absolute atomic E-state index is 6.06. The van der Waals surface area contributed by atoms with Crippen LogP contribution in [-0.2, 0) is 0 Å². The van der Waals surface area contributed by atoms with Crippen LogP contribution < -0.4 is 5.73 Å². The first kappa shape index (κ1) is 12.2. The van der Waals surface area contributed by atoms with Crippen molar-refractivity contribution in [3.63, 3.8) is 0 Å². The number of nitrogens with two attached hydrogens (primary N) is 1. The van der Waals surface area contributed by atoms with Gasteiger partial charge in [0.1, 0.15) is 5.84 Å². The summed E-state index contributed by atoms with van der Waals surface area (Å²) in [4.78, 5) is 4.70. The summed E-state index contributed by atoms with van der Waals surface area (Å²) in [5, 5.41) is 0. The third-order valence-corrected chi connectivity index (χ3v) is 3.57. The summed E-state index contributed by atoms with van der Waals surface area (Å²) < 4.78 is 0. The number of rotatable bonds is 2. The lowest BCUT2D eigenvalue weighted by molar-refractivity contribution is 0.222. The van der Waals surface area contributed by atoms with Crippen molar-refractivity contribution in [1.82, 2.24) is 0 Å². The molecule has 1 fully saturated rings. The van der Waals surface area contributed by atoms with E-state index in [4.69, 9.17) is 10.7 Å². The Hall–Kier alpha value is -1.31. The predicted octanol–water partition coefficient (Wildman–Crippen LogP) is 3.36. The minimum atomic E-state index is 0.402. The van der Waals surface area contributed by atoms with Crippen LogP contribution in [0.5, 0.6) is 0 Å². The van der Waals surface area contributed by atoms with E-state index in [0.717, 1.165) is 12.0 Å². The zero-order valence-electron chi connectivity index (χ0n) is 10.8. The summed E-state index contributed by atoms with van der Waals surface area (Å²) in [6.45, 7) is 4.65. The van der Waals surface area contributed by atoms with Gasteiger partial charge in [-0.2, -0.15) is 0 Å². The SMILES string of the molecule is CC1(C)CCCC(N=C(N)c2ccccc2)C1. The van der Waals surface area contributed by atoms with Gasteiger partial charge < -0.3 is 5.73 Å². The number of benzene rings is 1. The molecule has 92 valence electrons. The van der Waals surface area contributed by atoms with E-state index in [1.807, 2.05) is 30.3 Å². The van der Waals surface area contributed by atoms with Crippen molar-refractivity contribution in [2.45, 2.75) is 45.6 Å². The van der Waals surface area contributed by atoms with E-state index in [1.165, 1.54) is 19.3 Å². The number of hydrogen-bond acceptors (Lipinski definition) is 1. The van der Waals surface area contributed by atoms with Crippen LogP contribution in [0.25, 0.3) is 0 Å². The summed E-state index contributed by atoms with van der Waals surface area (Å²) >= 11 is 0. The van der Waals surface area contributed by atoms with Gasteiger partial charge in [0.15, 0.2) is 0 Å². The molecule has 0 radical (unpaired) electrons. The van der Waals surface area contributed by atoms with Crippen LogP contribution in [0, 0.1) is 5.41 Å². The molecule has 0 bridgehead atoms. The van der Waals surface area contributed by atoms with Gasteiger partial charge in [-0.1, -0.05) is 50.6 Å². The van der Waals surface area contributed by atoms with Crippen LogP contribution in [0.4, 0.5) is 0 Å². The Balaban J connectivity index is 2.09. The highest BCUT2D eigenvalue weighted by molar-refractivity contribution is 5.97. The van der Waals surface area contributed by atoms with Gasteiger partial charge in [0.2, 0.25) is 0 Å². The first-order valence-corrected chi connectivity index (χ1v) is 6.45. The standard InChI is InChI=1S/C15H22N2/c1-15(2)10-6-9-13(11-15)17-14(16)12-7-4-3-5-8-12/h3-5,7-8,13H,6,9-11H2,1-2H3,(H2,16,17).